The Kier molecular flexibility index (Phi) is 5.43. The van der Waals surface area contributed by atoms with Gasteiger partial charge in [0.15, 0.2) is 10.9 Å². The third kappa shape index (κ3) is 4.19. The van der Waals surface area contributed by atoms with E-state index in [2.05, 4.69) is 30.3 Å². The van der Waals surface area contributed by atoms with Gasteiger partial charge >= 0.3 is 0 Å². The summed E-state index contributed by atoms with van der Waals surface area (Å²) in [5, 5.41) is 8.36. The van der Waals surface area contributed by atoms with E-state index in [-0.39, 0.29) is 11.8 Å². The average Bonchev–Trinajstić information content (AvgIpc) is 3.35. The highest BCUT2D eigenvalue weighted by molar-refractivity contribution is 7.15. The topological polar surface area (TPSA) is 88.8 Å². The summed E-state index contributed by atoms with van der Waals surface area (Å²) in [7, 11) is 0. The van der Waals surface area contributed by atoms with Crippen LogP contribution in [0.5, 0.6) is 0 Å². The van der Waals surface area contributed by atoms with Crippen molar-refractivity contribution < 1.29 is 4.79 Å². The molecule has 0 bridgehead atoms. The summed E-state index contributed by atoms with van der Waals surface area (Å²) >= 11 is 1.64. The van der Waals surface area contributed by atoms with Crippen LogP contribution in [0.3, 0.4) is 0 Å². The maximum absolute atomic E-state index is 13.0. The number of carbonyl (C=O) groups excluding carboxylic acids is 1. The van der Waals surface area contributed by atoms with Crippen LogP contribution < -0.4 is 10.2 Å². The molecule has 1 fully saturated rings. The minimum absolute atomic E-state index is 0.0589. The van der Waals surface area contributed by atoms with E-state index in [1.54, 1.807) is 17.7 Å². The minimum atomic E-state index is -0.0817. The maximum atomic E-state index is 13.0. The zero-order chi connectivity index (χ0) is 21.4. The van der Waals surface area contributed by atoms with E-state index >= 15 is 0 Å². The molecule has 1 N–H and O–H groups in total. The third-order valence-electron chi connectivity index (χ3n) is 6.06. The van der Waals surface area contributed by atoms with Crippen molar-refractivity contribution in [1.29, 1.82) is 0 Å². The van der Waals surface area contributed by atoms with Gasteiger partial charge in [0.2, 0.25) is 5.91 Å². The molecule has 162 valence electrons. The first-order chi connectivity index (χ1) is 15.1. The van der Waals surface area contributed by atoms with Crippen molar-refractivity contribution in [3.05, 3.63) is 40.4 Å². The van der Waals surface area contributed by atoms with Crippen molar-refractivity contribution in [3.63, 3.8) is 0 Å². The first-order valence-electron chi connectivity index (χ1n) is 11.0. The number of aromatic nitrogens is 5. The second kappa shape index (κ2) is 8.37. The molecule has 5 rings (SSSR count). The number of nitrogens with one attached hydrogen (secondary N) is 1. The first kappa shape index (κ1) is 20.1. The molecule has 1 aliphatic heterocycles. The molecule has 0 spiro atoms. The Morgan fingerprint density at radius 2 is 1.97 bits per heavy atom. The molecular weight excluding hydrogens is 410 g/mol. The van der Waals surface area contributed by atoms with Crippen molar-refractivity contribution in [3.8, 4) is 5.82 Å². The lowest BCUT2D eigenvalue weighted by Crippen LogP contribution is -2.41. The number of anilines is 2. The Morgan fingerprint density at radius 1 is 1.13 bits per heavy atom. The number of nitrogens with zero attached hydrogens (tertiary/aromatic N) is 6. The molecule has 8 nitrogen and oxygen atoms in total. The van der Waals surface area contributed by atoms with Crippen molar-refractivity contribution in [1.82, 2.24) is 24.7 Å². The molecule has 1 atom stereocenters. The second-order valence-electron chi connectivity index (χ2n) is 8.44. The number of amides is 1. The number of thiazole rings is 1. The molecule has 31 heavy (non-hydrogen) atoms. The summed E-state index contributed by atoms with van der Waals surface area (Å²) < 4.78 is 1.83. The third-order valence-corrected chi connectivity index (χ3v) is 7.13. The fraction of sp³-hybridized carbons (Fsp3) is 0.500. The second-order valence-corrected chi connectivity index (χ2v) is 9.53. The Labute approximate surface area is 185 Å². The SMILES string of the molecule is Cc1cc(C)n(-c2cc(N3CCCC(C(=O)Nc4nc5c(s4)CCCC5)C3)ncn2)n1. The molecule has 0 saturated carbocycles. The van der Waals surface area contributed by atoms with Gasteiger partial charge in [-0.15, -0.1) is 11.3 Å². The number of piperidine rings is 1. The minimum Gasteiger partial charge on any atom is -0.356 e. The molecule has 0 aromatic carbocycles. The smallest absolute Gasteiger partial charge is 0.231 e. The summed E-state index contributed by atoms with van der Waals surface area (Å²) in [5.74, 6) is 1.56. The largest absolute Gasteiger partial charge is 0.356 e. The molecule has 1 saturated heterocycles. The fourth-order valence-electron chi connectivity index (χ4n) is 4.50. The zero-order valence-corrected chi connectivity index (χ0v) is 18.8. The quantitative estimate of drug-likeness (QED) is 0.672. The summed E-state index contributed by atoms with van der Waals surface area (Å²) in [6, 6.07) is 3.98. The van der Waals surface area contributed by atoms with Gasteiger partial charge in [-0.05, 0) is 58.4 Å². The number of rotatable bonds is 4. The van der Waals surface area contributed by atoms with Gasteiger partial charge in [-0.3, -0.25) is 4.79 Å². The average molecular weight is 438 g/mol. The lowest BCUT2D eigenvalue weighted by molar-refractivity contribution is -0.120. The standard InChI is InChI=1S/C22H27N7OS/c1-14-10-15(2)29(27-14)20-11-19(23-13-24-20)28-9-5-6-16(12-28)21(30)26-22-25-17-7-3-4-8-18(17)31-22/h10-11,13,16H,3-9,12H2,1-2H3,(H,25,26,30). The van der Waals surface area contributed by atoms with Crippen molar-refractivity contribution in [2.45, 2.75) is 52.4 Å². The molecular formula is C22H27N7OS. The van der Waals surface area contributed by atoms with Crippen LogP contribution >= 0.6 is 11.3 Å². The number of aryl methyl sites for hydroxylation is 4. The molecule has 1 aliphatic carbocycles. The van der Waals surface area contributed by atoms with Crippen LogP contribution in [-0.2, 0) is 17.6 Å². The van der Waals surface area contributed by atoms with Crippen molar-refractivity contribution in [2.24, 2.45) is 5.92 Å². The van der Waals surface area contributed by atoms with Crippen LogP contribution in [0.1, 0.15) is 47.6 Å². The summed E-state index contributed by atoms with van der Waals surface area (Å²) in [6.07, 6.45) is 7.94. The predicted molar refractivity (Wildman–Crippen MR) is 121 cm³/mol. The van der Waals surface area contributed by atoms with Gasteiger partial charge in [-0.2, -0.15) is 5.10 Å². The van der Waals surface area contributed by atoms with E-state index < -0.39 is 0 Å². The van der Waals surface area contributed by atoms with E-state index in [9.17, 15) is 4.79 Å². The Bertz CT molecular complexity index is 1080. The molecule has 1 amide bonds. The van der Waals surface area contributed by atoms with Gasteiger partial charge in [0.05, 0.1) is 17.3 Å². The van der Waals surface area contributed by atoms with Gasteiger partial charge in [-0.1, -0.05) is 0 Å². The summed E-state index contributed by atoms with van der Waals surface area (Å²) in [6.45, 7) is 5.51. The molecule has 3 aromatic rings. The van der Waals surface area contributed by atoms with Gasteiger partial charge < -0.3 is 10.2 Å². The van der Waals surface area contributed by atoms with E-state index in [1.807, 2.05) is 30.7 Å². The molecule has 0 radical (unpaired) electrons. The fourth-order valence-corrected chi connectivity index (χ4v) is 5.55. The van der Waals surface area contributed by atoms with E-state index in [0.29, 0.717) is 6.54 Å². The number of carbonyl (C=O) groups is 1. The van der Waals surface area contributed by atoms with Crippen LogP contribution in [-0.4, -0.2) is 43.7 Å². The van der Waals surface area contributed by atoms with E-state index in [4.69, 9.17) is 0 Å². The maximum Gasteiger partial charge on any atom is 0.231 e. The Balaban J connectivity index is 1.29. The van der Waals surface area contributed by atoms with Crippen molar-refractivity contribution >= 4 is 28.2 Å². The van der Waals surface area contributed by atoms with Gasteiger partial charge in [0.25, 0.3) is 0 Å². The monoisotopic (exact) mass is 437 g/mol. The van der Waals surface area contributed by atoms with Crippen LogP contribution in [0.4, 0.5) is 10.9 Å². The van der Waals surface area contributed by atoms with Gasteiger partial charge in [0.1, 0.15) is 12.1 Å². The van der Waals surface area contributed by atoms with Crippen LogP contribution in [0.25, 0.3) is 5.82 Å². The molecule has 3 aromatic heterocycles. The summed E-state index contributed by atoms with van der Waals surface area (Å²) in [5.41, 5.74) is 3.16. The highest BCUT2D eigenvalue weighted by Gasteiger charge is 2.28. The van der Waals surface area contributed by atoms with E-state index in [0.717, 1.165) is 60.4 Å². The van der Waals surface area contributed by atoms with E-state index in [1.165, 1.54) is 23.4 Å². The Hall–Kier alpha value is -2.81. The Morgan fingerprint density at radius 3 is 2.77 bits per heavy atom. The number of hydrogen-bond donors (Lipinski definition) is 1. The lowest BCUT2D eigenvalue weighted by Gasteiger charge is -2.32. The molecule has 9 heteroatoms. The van der Waals surface area contributed by atoms with Crippen molar-refractivity contribution in [2.75, 3.05) is 23.3 Å². The number of hydrogen-bond acceptors (Lipinski definition) is 7. The van der Waals surface area contributed by atoms with Crippen LogP contribution in [0.15, 0.2) is 18.5 Å². The zero-order valence-electron chi connectivity index (χ0n) is 18.0. The normalized spacial score (nSPS) is 18.6. The van der Waals surface area contributed by atoms with Crippen LogP contribution in [0.2, 0.25) is 0 Å². The predicted octanol–water partition coefficient (Wildman–Crippen LogP) is 3.47. The highest BCUT2D eigenvalue weighted by Crippen LogP contribution is 2.30. The molecule has 1 unspecified atom stereocenters. The summed E-state index contributed by atoms with van der Waals surface area (Å²) in [4.78, 5) is 30.0. The molecule has 4 heterocycles. The van der Waals surface area contributed by atoms with Gasteiger partial charge in [0, 0.05) is 29.7 Å². The molecule has 2 aliphatic rings. The highest BCUT2D eigenvalue weighted by atomic mass is 32.1. The lowest BCUT2D eigenvalue weighted by atomic mass is 9.97. The van der Waals surface area contributed by atoms with Crippen LogP contribution in [0, 0.1) is 19.8 Å². The van der Waals surface area contributed by atoms with Gasteiger partial charge in [-0.25, -0.2) is 19.6 Å². The number of fused-ring (bicyclic) bond motifs is 1. The first-order valence-corrected chi connectivity index (χ1v) is 11.8.